The number of benzene rings is 2. The molecule has 0 radical (unpaired) electrons. The molecule has 2 aromatic carbocycles. The predicted molar refractivity (Wildman–Crippen MR) is 81.2 cm³/mol. The Morgan fingerprint density at radius 1 is 1.14 bits per heavy atom. The van der Waals surface area contributed by atoms with Crippen LogP contribution in [0.3, 0.4) is 0 Å². The molecule has 5 heteroatoms. The Hall–Kier alpha value is -2.07. The molecular weight excluding hydrogens is 293 g/mol. The molecule has 0 fully saturated rings. The van der Waals surface area contributed by atoms with E-state index in [1.54, 1.807) is 18.2 Å². The van der Waals surface area contributed by atoms with Crippen LogP contribution in [-0.4, -0.2) is 17.6 Å². The van der Waals surface area contributed by atoms with Crippen LogP contribution in [0.1, 0.15) is 12.0 Å². The standard InChI is InChI=1S/C16H15ClFNO2/c17-15-4-2-1-3-12(15)11-19(10-9-16(20)21)14-7-5-13(18)6-8-14/h1-8H,9-11H2,(H,20,21). The van der Waals surface area contributed by atoms with E-state index in [1.165, 1.54) is 12.1 Å². The predicted octanol–water partition coefficient (Wildman–Crippen LogP) is 3.96. The van der Waals surface area contributed by atoms with Crippen molar-refractivity contribution in [1.29, 1.82) is 0 Å². The molecule has 0 aliphatic heterocycles. The van der Waals surface area contributed by atoms with Crippen molar-refractivity contribution in [2.24, 2.45) is 0 Å². The maximum Gasteiger partial charge on any atom is 0.305 e. The lowest BCUT2D eigenvalue weighted by atomic mass is 10.2. The number of aliphatic carboxylic acids is 1. The molecule has 3 nitrogen and oxygen atoms in total. The molecule has 0 atom stereocenters. The van der Waals surface area contributed by atoms with E-state index in [0.717, 1.165) is 11.3 Å². The Morgan fingerprint density at radius 2 is 1.81 bits per heavy atom. The van der Waals surface area contributed by atoms with E-state index >= 15 is 0 Å². The van der Waals surface area contributed by atoms with Crippen LogP contribution < -0.4 is 4.90 Å². The summed E-state index contributed by atoms with van der Waals surface area (Å²) in [6.07, 6.45) is 0.00181. The minimum absolute atomic E-state index is 0.00181. The second kappa shape index (κ2) is 7.09. The van der Waals surface area contributed by atoms with Crippen LogP contribution in [0.2, 0.25) is 5.02 Å². The monoisotopic (exact) mass is 307 g/mol. The maximum absolute atomic E-state index is 13.0. The van der Waals surface area contributed by atoms with Crippen LogP contribution in [0.15, 0.2) is 48.5 Å². The minimum atomic E-state index is -0.874. The number of rotatable bonds is 6. The molecule has 0 aliphatic rings. The molecule has 0 spiro atoms. The maximum atomic E-state index is 13.0. The third kappa shape index (κ3) is 4.46. The Kier molecular flexibility index (Phi) is 5.17. The molecule has 2 rings (SSSR count). The summed E-state index contributed by atoms with van der Waals surface area (Å²) in [5.74, 6) is -1.20. The Morgan fingerprint density at radius 3 is 2.43 bits per heavy atom. The molecule has 0 saturated carbocycles. The van der Waals surface area contributed by atoms with E-state index in [9.17, 15) is 9.18 Å². The Labute approximate surface area is 127 Å². The normalized spacial score (nSPS) is 10.4. The van der Waals surface area contributed by atoms with Gasteiger partial charge in [0.2, 0.25) is 0 Å². The largest absolute Gasteiger partial charge is 0.481 e. The average molecular weight is 308 g/mol. The molecule has 0 saturated heterocycles. The molecule has 21 heavy (non-hydrogen) atoms. The lowest BCUT2D eigenvalue weighted by Crippen LogP contribution is -2.25. The SMILES string of the molecule is O=C(O)CCN(Cc1ccccc1Cl)c1ccc(F)cc1. The first-order valence-electron chi connectivity index (χ1n) is 6.52. The highest BCUT2D eigenvalue weighted by molar-refractivity contribution is 6.31. The molecule has 110 valence electrons. The first-order valence-corrected chi connectivity index (χ1v) is 6.90. The van der Waals surface area contributed by atoms with Gasteiger partial charge >= 0.3 is 5.97 Å². The molecular formula is C16H15ClFNO2. The fourth-order valence-electron chi connectivity index (χ4n) is 2.01. The number of nitrogens with zero attached hydrogens (tertiary/aromatic N) is 1. The zero-order valence-electron chi connectivity index (χ0n) is 11.3. The summed E-state index contributed by atoms with van der Waals surface area (Å²) in [6.45, 7) is 0.796. The van der Waals surface area contributed by atoms with Gasteiger partial charge in [0.1, 0.15) is 5.82 Å². The molecule has 0 amide bonds. The van der Waals surface area contributed by atoms with E-state index in [-0.39, 0.29) is 12.2 Å². The van der Waals surface area contributed by atoms with E-state index in [2.05, 4.69) is 0 Å². The summed E-state index contributed by atoms with van der Waals surface area (Å²) in [6, 6.07) is 13.4. The second-order valence-corrected chi connectivity index (χ2v) is 5.04. The fourth-order valence-corrected chi connectivity index (χ4v) is 2.21. The highest BCUT2D eigenvalue weighted by atomic mass is 35.5. The van der Waals surface area contributed by atoms with Crippen molar-refractivity contribution >= 4 is 23.3 Å². The number of carboxylic acids is 1. The third-order valence-electron chi connectivity index (χ3n) is 3.11. The van der Waals surface area contributed by atoms with Crippen LogP contribution in [-0.2, 0) is 11.3 Å². The van der Waals surface area contributed by atoms with Crippen molar-refractivity contribution in [1.82, 2.24) is 0 Å². The van der Waals surface area contributed by atoms with Crippen molar-refractivity contribution in [2.45, 2.75) is 13.0 Å². The highest BCUT2D eigenvalue weighted by Crippen LogP contribution is 2.22. The van der Waals surface area contributed by atoms with Crippen molar-refractivity contribution in [3.8, 4) is 0 Å². The first kappa shape index (κ1) is 15.3. The zero-order chi connectivity index (χ0) is 15.2. The van der Waals surface area contributed by atoms with Crippen LogP contribution in [0.5, 0.6) is 0 Å². The van der Waals surface area contributed by atoms with Gasteiger partial charge in [0, 0.05) is 23.8 Å². The van der Waals surface area contributed by atoms with Crippen molar-refractivity contribution in [3.63, 3.8) is 0 Å². The summed E-state index contributed by atoms with van der Waals surface area (Å²) in [5.41, 5.74) is 1.66. The topological polar surface area (TPSA) is 40.5 Å². The van der Waals surface area contributed by atoms with Gasteiger partial charge in [-0.2, -0.15) is 0 Å². The van der Waals surface area contributed by atoms with Crippen LogP contribution in [0, 0.1) is 5.82 Å². The zero-order valence-corrected chi connectivity index (χ0v) is 12.1. The van der Waals surface area contributed by atoms with Crippen LogP contribution >= 0.6 is 11.6 Å². The Bertz CT molecular complexity index is 616. The third-order valence-corrected chi connectivity index (χ3v) is 3.48. The van der Waals surface area contributed by atoms with E-state index < -0.39 is 5.97 Å². The molecule has 0 unspecified atom stereocenters. The summed E-state index contributed by atoms with van der Waals surface area (Å²) in [5, 5.41) is 9.49. The van der Waals surface area contributed by atoms with Crippen LogP contribution in [0.25, 0.3) is 0 Å². The van der Waals surface area contributed by atoms with Gasteiger partial charge in [0.15, 0.2) is 0 Å². The summed E-state index contributed by atoms with van der Waals surface area (Å²) in [4.78, 5) is 12.7. The smallest absolute Gasteiger partial charge is 0.305 e. The van der Waals surface area contributed by atoms with E-state index in [4.69, 9.17) is 16.7 Å². The lowest BCUT2D eigenvalue weighted by Gasteiger charge is -2.25. The summed E-state index contributed by atoms with van der Waals surface area (Å²) >= 11 is 6.14. The van der Waals surface area contributed by atoms with Gasteiger partial charge in [-0.1, -0.05) is 29.8 Å². The lowest BCUT2D eigenvalue weighted by molar-refractivity contribution is -0.136. The molecule has 0 bridgehead atoms. The Balaban J connectivity index is 2.21. The second-order valence-electron chi connectivity index (χ2n) is 4.63. The number of halogens is 2. The number of carboxylic acid groups (broad SMARTS) is 1. The van der Waals surface area contributed by atoms with Gasteiger partial charge in [-0.15, -0.1) is 0 Å². The van der Waals surface area contributed by atoms with Gasteiger partial charge < -0.3 is 10.0 Å². The number of carbonyl (C=O) groups is 1. The highest BCUT2D eigenvalue weighted by Gasteiger charge is 2.11. The van der Waals surface area contributed by atoms with Gasteiger partial charge in [-0.3, -0.25) is 4.79 Å². The van der Waals surface area contributed by atoms with E-state index in [0.29, 0.717) is 18.1 Å². The average Bonchev–Trinajstić information content (AvgIpc) is 2.46. The summed E-state index contributed by atoms with van der Waals surface area (Å²) < 4.78 is 13.0. The molecule has 0 aliphatic carbocycles. The van der Waals surface area contributed by atoms with E-state index in [1.807, 2.05) is 23.1 Å². The van der Waals surface area contributed by atoms with Gasteiger partial charge in [0.25, 0.3) is 0 Å². The minimum Gasteiger partial charge on any atom is -0.481 e. The molecule has 0 heterocycles. The number of anilines is 1. The number of hydrogen-bond donors (Lipinski definition) is 1. The summed E-state index contributed by atoms with van der Waals surface area (Å²) in [7, 11) is 0. The van der Waals surface area contributed by atoms with Crippen molar-refractivity contribution in [3.05, 3.63) is 64.9 Å². The van der Waals surface area contributed by atoms with Gasteiger partial charge in [-0.05, 0) is 35.9 Å². The molecule has 1 N–H and O–H groups in total. The molecule has 2 aromatic rings. The van der Waals surface area contributed by atoms with Gasteiger partial charge in [-0.25, -0.2) is 4.39 Å². The molecule has 0 aromatic heterocycles. The van der Waals surface area contributed by atoms with Crippen molar-refractivity contribution in [2.75, 3.05) is 11.4 Å². The quantitative estimate of drug-likeness (QED) is 0.878. The van der Waals surface area contributed by atoms with Crippen molar-refractivity contribution < 1.29 is 14.3 Å². The van der Waals surface area contributed by atoms with Crippen LogP contribution in [0.4, 0.5) is 10.1 Å². The van der Waals surface area contributed by atoms with Gasteiger partial charge in [0.05, 0.1) is 6.42 Å². The first-order chi connectivity index (χ1) is 10.1. The fraction of sp³-hybridized carbons (Fsp3) is 0.188. The number of hydrogen-bond acceptors (Lipinski definition) is 2.